The molecule has 1 aliphatic carbocycles. The van der Waals surface area contributed by atoms with Crippen LogP contribution in [0.1, 0.15) is 15.9 Å². The summed E-state index contributed by atoms with van der Waals surface area (Å²) in [5.74, 6) is 0.792. The van der Waals surface area contributed by atoms with E-state index in [9.17, 15) is 18.0 Å². The lowest BCUT2D eigenvalue weighted by atomic mass is 10.1. The SMILES string of the molecule is O=C(NCC1C2CN(Cc3ccc4[nH]ccc4c3)CC12)c1cccc(OC(F)(F)F)c1. The van der Waals surface area contributed by atoms with E-state index in [2.05, 4.69) is 44.2 Å². The van der Waals surface area contributed by atoms with Gasteiger partial charge in [-0.2, -0.15) is 0 Å². The summed E-state index contributed by atoms with van der Waals surface area (Å²) in [6.45, 7) is 3.47. The summed E-state index contributed by atoms with van der Waals surface area (Å²) in [7, 11) is 0. The van der Waals surface area contributed by atoms with Crippen LogP contribution in [0, 0.1) is 17.8 Å². The number of carbonyl (C=O) groups excluding carboxylic acids is 1. The first kappa shape index (κ1) is 19.9. The molecule has 2 N–H and O–H groups in total. The molecule has 8 heteroatoms. The third-order valence-electron chi connectivity index (χ3n) is 6.30. The van der Waals surface area contributed by atoms with Crippen LogP contribution in [-0.2, 0) is 6.54 Å². The molecule has 0 spiro atoms. The minimum absolute atomic E-state index is 0.161. The van der Waals surface area contributed by atoms with Gasteiger partial charge in [0.15, 0.2) is 0 Å². The van der Waals surface area contributed by atoms with Gasteiger partial charge in [-0.25, -0.2) is 0 Å². The van der Waals surface area contributed by atoms with Crippen LogP contribution < -0.4 is 10.1 Å². The highest BCUT2D eigenvalue weighted by Gasteiger charge is 2.55. The standard InChI is InChI=1S/C23H22F3N3O2/c24-23(25,26)31-17-3-1-2-16(9-17)22(30)28-10-18-19-12-29(13-20(18)19)11-14-4-5-21-15(8-14)6-7-27-21/h1-9,18-20,27H,10-13H2,(H,28,30). The van der Waals surface area contributed by atoms with Crippen LogP contribution in [0.2, 0.25) is 0 Å². The molecule has 5 nitrogen and oxygen atoms in total. The lowest BCUT2D eigenvalue weighted by Crippen LogP contribution is -2.30. The fraction of sp³-hybridized carbons (Fsp3) is 0.348. The third kappa shape index (κ3) is 4.39. The van der Waals surface area contributed by atoms with Gasteiger partial charge >= 0.3 is 6.36 Å². The van der Waals surface area contributed by atoms with Crippen LogP contribution in [0.15, 0.2) is 54.7 Å². The fourth-order valence-electron chi connectivity index (χ4n) is 4.77. The Morgan fingerprint density at radius 2 is 1.94 bits per heavy atom. The number of rotatable bonds is 6. The number of carbonyl (C=O) groups is 1. The van der Waals surface area contributed by atoms with E-state index < -0.39 is 12.1 Å². The molecule has 2 aliphatic rings. The van der Waals surface area contributed by atoms with Crippen LogP contribution in [-0.4, -0.2) is 41.8 Å². The summed E-state index contributed by atoms with van der Waals surface area (Å²) in [4.78, 5) is 18.0. The first-order valence-electron chi connectivity index (χ1n) is 10.3. The van der Waals surface area contributed by atoms with Crippen molar-refractivity contribution in [2.75, 3.05) is 19.6 Å². The van der Waals surface area contributed by atoms with Gasteiger partial charge in [0.1, 0.15) is 5.75 Å². The Hall–Kier alpha value is -3.00. The maximum atomic E-state index is 12.4. The summed E-state index contributed by atoms with van der Waals surface area (Å²) in [6, 6.07) is 13.7. The molecule has 2 heterocycles. The number of alkyl halides is 3. The molecule has 2 atom stereocenters. The number of piperidine rings is 1. The number of hydrogen-bond acceptors (Lipinski definition) is 3. The first-order valence-corrected chi connectivity index (χ1v) is 10.3. The second kappa shape index (κ2) is 7.60. The van der Waals surface area contributed by atoms with Crippen molar-refractivity contribution in [2.24, 2.45) is 17.8 Å². The van der Waals surface area contributed by atoms with Crippen molar-refractivity contribution in [3.63, 3.8) is 0 Å². The first-order chi connectivity index (χ1) is 14.9. The van der Waals surface area contributed by atoms with E-state index in [1.807, 2.05) is 6.20 Å². The Morgan fingerprint density at radius 3 is 2.71 bits per heavy atom. The minimum Gasteiger partial charge on any atom is -0.406 e. The van der Waals surface area contributed by atoms with Crippen molar-refractivity contribution in [1.29, 1.82) is 0 Å². The van der Waals surface area contributed by atoms with E-state index >= 15 is 0 Å². The molecule has 1 saturated carbocycles. The molecular formula is C23H22F3N3O2. The van der Waals surface area contributed by atoms with Gasteiger partial charge in [-0.3, -0.25) is 9.69 Å². The lowest BCUT2D eigenvalue weighted by Gasteiger charge is -2.19. The van der Waals surface area contributed by atoms with Crippen molar-refractivity contribution in [3.8, 4) is 5.75 Å². The zero-order valence-corrected chi connectivity index (χ0v) is 16.7. The molecule has 31 heavy (non-hydrogen) atoms. The number of hydrogen-bond donors (Lipinski definition) is 2. The minimum atomic E-state index is -4.78. The molecule has 1 amide bonds. The number of fused-ring (bicyclic) bond motifs is 2. The Bertz CT molecular complexity index is 1100. The molecule has 162 valence electrons. The van der Waals surface area contributed by atoms with E-state index in [4.69, 9.17) is 0 Å². The molecular weight excluding hydrogens is 407 g/mol. The summed E-state index contributed by atoms with van der Waals surface area (Å²) in [5.41, 5.74) is 2.59. The Balaban J connectivity index is 1.10. The van der Waals surface area contributed by atoms with Crippen molar-refractivity contribution >= 4 is 16.8 Å². The third-order valence-corrected chi connectivity index (χ3v) is 6.30. The zero-order chi connectivity index (χ0) is 21.6. The van der Waals surface area contributed by atoms with Crippen LogP contribution in [0.3, 0.4) is 0 Å². The second-order valence-corrected chi connectivity index (χ2v) is 8.37. The van der Waals surface area contributed by atoms with Crippen molar-refractivity contribution in [1.82, 2.24) is 15.2 Å². The molecule has 0 radical (unpaired) electrons. The summed E-state index contributed by atoms with van der Waals surface area (Å²) in [5, 5.41) is 4.08. The quantitative estimate of drug-likeness (QED) is 0.618. The summed E-state index contributed by atoms with van der Waals surface area (Å²) < 4.78 is 41.0. The number of nitrogens with one attached hydrogen (secondary N) is 2. The molecule has 2 fully saturated rings. The smallest absolute Gasteiger partial charge is 0.406 e. The van der Waals surface area contributed by atoms with Crippen LogP contribution >= 0.6 is 0 Å². The van der Waals surface area contributed by atoms with Gasteiger partial charge in [0.2, 0.25) is 0 Å². The van der Waals surface area contributed by atoms with E-state index in [-0.39, 0.29) is 11.5 Å². The van der Waals surface area contributed by atoms with E-state index in [0.29, 0.717) is 24.3 Å². The second-order valence-electron chi connectivity index (χ2n) is 8.37. The average molecular weight is 429 g/mol. The van der Waals surface area contributed by atoms with Crippen molar-refractivity contribution < 1.29 is 22.7 Å². The van der Waals surface area contributed by atoms with E-state index in [1.165, 1.54) is 29.1 Å². The molecule has 1 saturated heterocycles. The number of halogens is 3. The van der Waals surface area contributed by atoms with Gasteiger partial charge < -0.3 is 15.0 Å². The Morgan fingerprint density at radius 1 is 1.13 bits per heavy atom. The molecule has 2 unspecified atom stereocenters. The summed E-state index contributed by atoms with van der Waals surface area (Å²) >= 11 is 0. The number of amides is 1. The molecule has 0 bridgehead atoms. The van der Waals surface area contributed by atoms with Crippen molar-refractivity contribution in [2.45, 2.75) is 12.9 Å². The molecule has 3 aromatic rings. The topological polar surface area (TPSA) is 57.4 Å². The van der Waals surface area contributed by atoms with Gasteiger partial charge in [0.05, 0.1) is 0 Å². The van der Waals surface area contributed by atoms with Gasteiger partial charge in [0, 0.05) is 43.5 Å². The summed E-state index contributed by atoms with van der Waals surface area (Å²) in [6.07, 6.45) is -2.84. The maximum absolute atomic E-state index is 12.4. The monoisotopic (exact) mass is 429 g/mol. The molecule has 5 rings (SSSR count). The molecule has 1 aromatic heterocycles. The normalized spacial score (nSPS) is 23.0. The number of benzene rings is 2. The van der Waals surface area contributed by atoms with Gasteiger partial charge in [-0.1, -0.05) is 12.1 Å². The predicted molar refractivity (Wildman–Crippen MR) is 110 cm³/mol. The highest BCUT2D eigenvalue weighted by atomic mass is 19.4. The Labute approximate surface area is 177 Å². The predicted octanol–water partition coefficient (Wildman–Crippen LogP) is 4.17. The van der Waals surface area contributed by atoms with Crippen LogP contribution in [0.5, 0.6) is 5.75 Å². The molecule has 1 aliphatic heterocycles. The number of H-pyrrole nitrogens is 1. The number of likely N-dealkylation sites (tertiary alicyclic amines) is 1. The highest BCUT2D eigenvalue weighted by molar-refractivity contribution is 5.94. The van der Waals surface area contributed by atoms with E-state index in [0.717, 1.165) is 31.2 Å². The van der Waals surface area contributed by atoms with Crippen LogP contribution in [0.25, 0.3) is 10.9 Å². The van der Waals surface area contributed by atoms with Gasteiger partial charge in [0.25, 0.3) is 5.91 Å². The fourth-order valence-corrected chi connectivity index (χ4v) is 4.77. The maximum Gasteiger partial charge on any atom is 0.573 e. The molecule has 2 aromatic carbocycles. The number of aromatic amines is 1. The number of nitrogens with zero attached hydrogens (tertiary/aromatic N) is 1. The van der Waals surface area contributed by atoms with Crippen LogP contribution in [0.4, 0.5) is 13.2 Å². The lowest BCUT2D eigenvalue weighted by molar-refractivity contribution is -0.274. The van der Waals surface area contributed by atoms with Gasteiger partial charge in [-0.05, 0) is 65.1 Å². The Kier molecular flexibility index (Phi) is 4.89. The number of ether oxygens (including phenoxy) is 1. The van der Waals surface area contributed by atoms with E-state index in [1.54, 1.807) is 0 Å². The van der Waals surface area contributed by atoms with Gasteiger partial charge in [-0.15, -0.1) is 13.2 Å². The highest BCUT2D eigenvalue weighted by Crippen LogP contribution is 2.51. The number of aromatic nitrogens is 1. The van der Waals surface area contributed by atoms with Crippen molar-refractivity contribution in [3.05, 3.63) is 65.9 Å². The zero-order valence-electron chi connectivity index (χ0n) is 16.7. The average Bonchev–Trinajstić information content (AvgIpc) is 3.07. The largest absolute Gasteiger partial charge is 0.573 e.